The Hall–Kier alpha value is -3.54. The van der Waals surface area contributed by atoms with Crippen LogP contribution in [0.3, 0.4) is 0 Å². The third-order valence-corrected chi connectivity index (χ3v) is 7.52. The van der Waals surface area contributed by atoms with Crippen molar-refractivity contribution in [3.63, 3.8) is 0 Å². The van der Waals surface area contributed by atoms with E-state index in [1.807, 2.05) is 121 Å². The van der Waals surface area contributed by atoms with Crippen molar-refractivity contribution in [1.82, 2.24) is 0 Å². The normalized spacial score (nSPS) is 24.2. The molecule has 0 N–H and O–H groups in total. The molecule has 0 unspecified atom stereocenters. The second kappa shape index (κ2) is 7.26. The molecule has 2 heterocycles. The second-order valence-electron chi connectivity index (χ2n) is 7.76. The fourth-order valence-electron chi connectivity index (χ4n) is 4.47. The number of carbonyl (C=O) groups excluding carboxylic acids is 1. The number of benzene rings is 4. The van der Waals surface area contributed by atoms with Crippen LogP contribution in [-0.4, -0.2) is 5.91 Å². The maximum atomic E-state index is 14.4. The van der Waals surface area contributed by atoms with Gasteiger partial charge in [-0.2, -0.15) is 0 Å². The number of hydrogen-bond acceptors (Lipinski definition) is 4. The molecule has 4 aromatic carbocycles. The molecule has 4 nitrogen and oxygen atoms in total. The molecule has 0 spiro atoms. The molecule has 2 atom stereocenters. The number of amides is 1. The molecule has 0 aliphatic carbocycles. The Labute approximate surface area is 191 Å². The first-order valence-corrected chi connectivity index (χ1v) is 11.3. The van der Waals surface area contributed by atoms with Gasteiger partial charge in [0.15, 0.2) is 0 Å². The van der Waals surface area contributed by atoms with Crippen LogP contribution in [0.2, 0.25) is 0 Å². The van der Waals surface area contributed by atoms with Gasteiger partial charge in [0.25, 0.3) is 11.0 Å². The van der Waals surface area contributed by atoms with Crippen LogP contribution in [0.1, 0.15) is 11.1 Å². The number of anilines is 2. The maximum absolute atomic E-state index is 14.4. The number of fused-ring (bicyclic) bond motifs is 2. The topological polar surface area (TPSA) is 32.8 Å². The predicted octanol–water partition coefficient (Wildman–Crippen LogP) is 5.88. The van der Waals surface area contributed by atoms with E-state index in [2.05, 4.69) is 0 Å². The van der Waals surface area contributed by atoms with E-state index in [0.717, 1.165) is 22.5 Å². The van der Waals surface area contributed by atoms with E-state index in [1.165, 1.54) is 11.8 Å². The van der Waals surface area contributed by atoms with Crippen molar-refractivity contribution in [2.45, 2.75) is 9.93 Å². The van der Waals surface area contributed by atoms with Crippen LogP contribution < -0.4 is 9.96 Å². The summed E-state index contributed by atoms with van der Waals surface area (Å²) in [6.45, 7) is 0. The average Bonchev–Trinajstić information content (AvgIpc) is 3.37. The third-order valence-electron chi connectivity index (χ3n) is 5.88. The van der Waals surface area contributed by atoms with Gasteiger partial charge in [-0.1, -0.05) is 109 Å². The number of hydroxylamine groups is 1. The van der Waals surface area contributed by atoms with Crippen molar-refractivity contribution in [2.75, 3.05) is 9.96 Å². The van der Waals surface area contributed by atoms with Gasteiger partial charge in [0.1, 0.15) is 0 Å². The first kappa shape index (κ1) is 19.2. The summed E-state index contributed by atoms with van der Waals surface area (Å²) >= 11 is 1.53. The lowest BCUT2D eigenvalue weighted by molar-refractivity contribution is -0.133. The molecule has 0 radical (unpaired) electrons. The Morgan fingerprint density at radius 3 is 1.62 bits per heavy atom. The number of rotatable bonds is 4. The zero-order chi connectivity index (χ0) is 21.6. The lowest BCUT2D eigenvalue weighted by Crippen LogP contribution is -2.58. The molecule has 6 rings (SSSR count). The van der Waals surface area contributed by atoms with Crippen LogP contribution in [-0.2, 0) is 19.6 Å². The molecule has 2 aliphatic heterocycles. The van der Waals surface area contributed by atoms with Crippen molar-refractivity contribution in [3.05, 3.63) is 132 Å². The predicted molar refractivity (Wildman–Crippen MR) is 128 cm³/mol. The molecule has 2 saturated heterocycles. The zero-order valence-electron chi connectivity index (χ0n) is 17.2. The van der Waals surface area contributed by atoms with Crippen molar-refractivity contribution in [1.29, 1.82) is 0 Å². The van der Waals surface area contributed by atoms with Gasteiger partial charge >= 0.3 is 0 Å². The Balaban J connectivity index is 1.63. The average molecular weight is 437 g/mol. The smallest absolute Gasteiger partial charge is 0.270 e. The summed E-state index contributed by atoms with van der Waals surface area (Å²) < 4.78 is 0. The molecule has 156 valence electrons. The standard InChI is InChI=1S/C27H20N2O2S/c30-25-26(21-13-5-1-6-14-21)29(24-19-11-4-12-20-24)31-27(32-26,22-15-7-2-8-16-22)28(25)23-17-9-3-10-18-23/h1-20H/t26-,27+/m1/s1. The van der Waals surface area contributed by atoms with E-state index >= 15 is 0 Å². The molecule has 4 aromatic rings. The van der Waals surface area contributed by atoms with Gasteiger partial charge in [-0.05, 0) is 29.8 Å². The highest BCUT2D eigenvalue weighted by Crippen LogP contribution is 2.68. The van der Waals surface area contributed by atoms with Gasteiger partial charge in [-0.25, -0.2) is 9.90 Å². The van der Waals surface area contributed by atoms with Crippen LogP contribution >= 0.6 is 11.8 Å². The van der Waals surface area contributed by atoms with E-state index in [-0.39, 0.29) is 5.91 Å². The van der Waals surface area contributed by atoms with Gasteiger partial charge in [0.05, 0.1) is 5.69 Å². The Morgan fingerprint density at radius 1 is 0.594 bits per heavy atom. The zero-order valence-corrected chi connectivity index (χ0v) is 18.0. The van der Waals surface area contributed by atoms with Crippen LogP contribution in [0, 0.1) is 0 Å². The molecular formula is C27H20N2O2S. The van der Waals surface area contributed by atoms with Gasteiger partial charge in [-0.3, -0.25) is 9.69 Å². The highest BCUT2D eigenvalue weighted by molar-refractivity contribution is 8.02. The maximum Gasteiger partial charge on any atom is 0.274 e. The largest absolute Gasteiger partial charge is 0.274 e. The van der Waals surface area contributed by atoms with Crippen molar-refractivity contribution in [3.8, 4) is 0 Å². The lowest BCUT2D eigenvalue weighted by atomic mass is 10.0. The van der Waals surface area contributed by atoms with E-state index < -0.39 is 9.93 Å². The number of nitrogens with zero attached hydrogens (tertiary/aromatic N) is 2. The molecular weight excluding hydrogens is 416 g/mol. The highest BCUT2D eigenvalue weighted by Gasteiger charge is 2.73. The van der Waals surface area contributed by atoms with Crippen LogP contribution in [0.25, 0.3) is 0 Å². The fraction of sp³-hybridized carbons (Fsp3) is 0.0741. The Kier molecular flexibility index (Phi) is 4.35. The summed E-state index contributed by atoms with van der Waals surface area (Å²) in [6.07, 6.45) is 0. The number of para-hydroxylation sites is 2. The van der Waals surface area contributed by atoms with Gasteiger partial charge < -0.3 is 0 Å². The van der Waals surface area contributed by atoms with E-state index in [9.17, 15) is 4.79 Å². The van der Waals surface area contributed by atoms with Crippen molar-refractivity contribution < 1.29 is 9.63 Å². The fourth-order valence-corrected chi connectivity index (χ4v) is 6.17. The molecule has 1 amide bonds. The summed E-state index contributed by atoms with van der Waals surface area (Å²) in [5.74, 6) is -0.0288. The Bertz CT molecular complexity index is 1250. The summed E-state index contributed by atoms with van der Waals surface area (Å²) in [4.78, 5) is 22.0. The molecule has 0 saturated carbocycles. The van der Waals surface area contributed by atoms with Crippen LogP contribution in [0.15, 0.2) is 121 Å². The monoisotopic (exact) mass is 436 g/mol. The summed E-state index contributed by atoms with van der Waals surface area (Å²) in [6, 6.07) is 39.5. The Morgan fingerprint density at radius 2 is 1.06 bits per heavy atom. The summed E-state index contributed by atoms with van der Waals surface area (Å²) in [7, 11) is 0. The first-order chi connectivity index (χ1) is 15.8. The summed E-state index contributed by atoms with van der Waals surface area (Å²) in [5, 5.41) is 0.757. The van der Waals surface area contributed by atoms with Gasteiger partial charge in [0.2, 0.25) is 4.87 Å². The molecule has 2 aliphatic rings. The molecule has 32 heavy (non-hydrogen) atoms. The third kappa shape index (κ3) is 2.58. The van der Waals surface area contributed by atoms with E-state index in [1.54, 1.807) is 9.96 Å². The number of hydrogen-bond donors (Lipinski definition) is 0. The minimum Gasteiger partial charge on any atom is -0.270 e. The van der Waals surface area contributed by atoms with Gasteiger partial charge in [-0.15, -0.1) is 0 Å². The number of thioether (sulfide) groups is 1. The minimum absolute atomic E-state index is 0.0288. The lowest BCUT2D eigenvalue weighted by Gasteiger charge is -2.43. The SMILES string of the molecule is O=C1N(c2ccccc2)[C@@]2(c3ccccc3)ON(c3ccccc3)[C@]1(c1ccccc1)S2. The second-order valence-corrected chi connectivity index (χ2v) is 9.11. The number of carbonyl (C=O) groups is 1. The quantitative estimate of drug-likeness (QED) is 0.400. The molecule has 2 bridgehead atoms. The van der Waals surface area contributed by atoms with Gasteiger partial charge in [0, 0.05) is 11.3 Å². The van der Waals surface area contributed by atoms with E-state index in [0.29, 0.717) is 0 Å². The minimum atomic E-state index is -1.06. The first-order valence-electron chi connectivity index (χ1n) is 10.5. The van der Waals surface area contributed by atoms with Crippen molar-refractivity contribution >= 4 is 29.0 Å². The van der Waals surface area contributed by atoms with Crippen LogP contribution in [0.5, 0.6) is 0 Å². The molecule has 0 aromatic heterocycles. The van der Waals surface area contributed by atoms with Crippen LogP contribution in [0.4, 0.5) is 11.4 Å². The van der Waals surface area contributed by atoms with E-state index in [4.69, 9.17) is 4.84 Å². The molecule has 2 fully saturated rings. The van der Waals surface area contributed by atoms with Crippen molar-refractivity contribution in [2.24, 2.45) is 0 Å². The highest BCUT2D eigenvalue weighted by atomic mass is 32.2. The molecule has 5 heteroatoms. The summed E-state index contributed by atoms with van der Waals surface area (Å²) in [5.41, 5.74) is 3.44.